The topological polar surface area (TPSA) is 64.0 Å². The van der Waals surface area contributed by atoms with E-state index in [2.05, 4.69) is 10.3 Å². The van der Waals surface area contributed by atoms with E-state index in [0.717, 1.165) is 17.7 Å². The molecule has 3 aromatic rings. The average Bonchev–Trinajstić information content (AvgIpc) is 3.10. The fraction of sp³-hybridized carbons (Fsp3) is 0.316. The fourth-order valence-corrected chi connectivity index (χ4v) is 4.20. The minimum atomic E-state index is -0.116. The molecule has 136 valence electrons. The number of nitrogens with one attached hydrogen (secondary N) is 1. The molecule has 0 aliphatic rings. The summed E-state index contributed by atoms with van der Waals surface area (Å²) in [5, 5.41) is 5.34. The molecule has 0 unspecified atom stereocenters. The zero-order valence-electron chi connectivity index (χ0n) is 15.0. The molecule has 0 bridgehead atoms. The van der Waals surface area contributed by atoms with E-state index in [1.165, 1.54) is 23.1 Å². The van der Waals surface area contributed by atoms with Crippen LogP contribution in [0.3, 0.4) is 0 Å². The highest BCUT2D eigenvalue weighted by atomic mass is 32.2. The van der Waals surface area contributed by atoms with Crippen LogP contribution in [0.5, 0.6) is 0 Å². The highest BCUT2D eigenvalue weighted by Crippen LogP contribution is 2.24. The summed E-state index contributed by atoms with van der Waals surface area (Å²) >= 11 is 2.71. The van der Waals surface area contributed by atoms with Crippen LogP contribution in [0, 0.1) is 6.92 Å². The molecular formula is C19H21N3O2S2. The number of rotatable bonds is 6. The maximum absolute atomic E-state index is 12.8. The van der Waals surface area contributed by atoms with Gasteiger partial charge in [-0.25, -0.2) is 4.98 Å². The molecule has 26 heavy (non-hydrogen) atoms. The zero-order chi connectivity index (χ0) is 18.7. The first-order valence-corrected chi connectivity index (χ1v) is 10.3. The van der Waals surface area contributed by atoms with Crippen LogP contribution in [-0.2, 0) is 4.79 Å². The summed E-state index contributed by atoms with van der Waals surface area (Å²) < 4.78 is 2.38. The first-order valence-electron chi connectivity index (χ1n) is 8.48. The smallest absolute Gasteiger partial charge is 0.272 e. The average molecular weight is 388 g/mol. The molecule has 3 rings (SSSR count). The summed E-state index contributed by atoms with van der Waals surface area (Å²) in [5.41, 5.74) is 2.58. The number of fused-ring (bicyclic) bond motifs is 1. The molecule has 0 aliphatic carbocycles. The number of benzene rings is 1. The number of anilines is 1. The van der Waals surface area contributed by atoms with Gasteiger partial charge in [0.15, 0.2) is 5.16 Å². The third-order valence-electron chi connectivity index (χ3n) is 4.18. The first kappa shape index (κ1) is 18.7. The quantitative estimate of drug-likeness (QED) is 0.501. The van der Waals surface area contributed by atoms with Crippen LogP contribution in [0.25, 0.3) is 10.2 Å². The summed E-state index contributed by atoms with van der Waals surface area (Å²) in [6, 6.07) is 9.54. The third kappa shape index (κ3) is 3.99. The van der Waals surface area contributed by atoms with E-state index in [-0.39, 0.29) is 23.3 Å². The Morgan fingerprint density at radius 2 is 2.04 bits per heavy atom. The van der Waals surface area contributed by atoms with E-state index in [4.69, 9.17) is 0 Å². The van der Waals surface area contributed by atoms with E-state index in [9.17, 15) is 9.59 Å². The molecule has 5 nitrogen and oxygen atoms in total. The second-order valence-electron chi connectivity index (χ2n) is 6.16. The lowest BCUT2D eigenvalue weighted by Gasteiger charge is -2.17. The number of carbonyl (C=O) groups is 1. The van der Waals surface area contributed by atoms with Crippen LogP contribution in [-0.4, -0.2) is 21.2 Å². The molecule has 1 N–H and O–H groups in total. The lowest BCUT2D eigenvalue weighted by Crippen LogP contribution is -2.26. The van der Waals surface area contributed by atoms with E-state index in [1.807, 2.05) is 56.5 Å². The van der Waals surface area contributed by atoms with Gasteiger partial charge in [-0.3, -0.25) is 14.2 Å². The lowest BCUT2D eigenvalue weighted by molar-refractivity contribution is -0.113. The Balaban J connectivity index is 1.80. The normalized spacial score (nSPS) is 12.3. The minimum Gasteiger partial charge on any atom is -0.325 e. The second kappa shape index (κ2) is 8.05. The summed E-state index contributed by atoms with van der Waals surface area (Å²) in [7, 11) is 0. The monoisotopic (exact) mass is 387 g/mol. The molecule has 2 heterocycles. The van der Waals surface area contributed by atoms with Crippen molar-refractivity contribution in [2.24, 2.45) is 0 Å². The van der Waals surface area contributed by atoms with Crippen molar-refractivity contribution in [1.82, 2.24) is 9.55 Å². The molecular weight excluding hydrogens is 366 g/mol. The SMILES string of the molecule is CC[C@@H](C)n1c(SCC(=O)Nc2ccc(C)cc2)nc2ccsc2c1=O. The van der Waals surface area contributed by atoms with Crippen LogP contribution < -0.4 is 10.9 Å². The Kier molecular flexibility index (Phi) is 5.78. The number of hydrogen-bond acceptors (Lipinski definition) is 5. The first-order chi connectivity index (χ1) is 12.5. The van der Waals surface area contributed by atoms with E-state index < -0.39 is 0 Å². The predicted molar refractivity (Wildman–Crippen MR) is 109 cm³/mol. The summed E-state index contributed by atoms with van der Waals surface area (Å²) in [5.74, 6) is 0.0843. The molecule has 7 heteroatoms. The Bertz CT molecular complexity index is 977. The van der Waals surface area contributed by atoms with Crippen molar-refractivity contribution in [1.29, 1.82) is 0 Å². The van der Waals surface area contributed by atoms with Crippen molar-refractivity contribution in [3.8, 4) is 0 Å². The number of aryl methyl sites for hydroxylation is 1. The molecule has 0 fully saturated rings. The number of thioether (sulfide) groups is 1. The molecule has 0 radical (unpaired) electrons. The van der Waals surface area contributed by atoms with Gasteiger partial charge in [0, 0.05) is 11.7 Å². The van der Waals surface area contributed by atoms with E-state index >= 15 is 0 Å². The predicted octanol–water partition coefficient (Wildman–Crippen LogP) is 4.47. The van der Waals surface area contributed by atoms with Crippen LogP contribution in [0.1, 0.15) is 31.9 Å². The van der Waals surface area contributed by atoms with E-state index in [1.54, 1.807) is 4.57 Å². The van der Waals surface area contributed by atoms with Crippen LogP contribution >= 0.6 is 23.1 Å². The maximum Gasteiger partial charge on any atom is 0.272 e. The van der Waals surface area contributed by atoms with Crippen LogP contribution in [0.2, 0.25) is 0 Å². The number of thiophene rings is 1. The number of amides is 1. The maximum atomic E-state index is 12.8. The van der Waals surface area contributed by atoms with Crippen molar-refractivity contribution in [3.63, 3.8) is 0 Å². The highest BCUT2D eigenvalue weighted by molar-refractivity contribution is 7.99. The molecule has 1 amide bonds. The van der Waals surface area contributed by atoms with Gasteiger partial charge in [-0.2, -0.15) is 0 Å². The van der Waals surface area contributed by atoms with Crippen molar-refractivity contribution in [2.75, 3.05) is 11.1 Å². The van der Waals surface area contributed by atoms with Gasteiger partial charge in [-0.1, -0.05) is 36.4 Å². The molecule has 0 saturated heterocycles. The van der Waals surface area contributed by atoms with Gasteiger partial charge in [0.2, 0.25) is 5.91 Å². The standard InChI is InChI=1S/C19H21N3O2S2/c1-4-13(3)22-18(24)17-15(9-10-25-17)21-19(22)26-11-16(23)20-14-7-5-12(2)6-8-14/h5-10,13H,4,11H2,1-3H3,(H,20,23)/t13-/m1/s1. The molecule has 0 spiro atoms. The minimum absolute atomic E-state index is 0.0270. The van der Waals surface area contributed by atoms with Crippen molar-refractivity contribution >= 4 is 44.9 Å². The number of nitrogens with zero attached hydrogens (tertiary/aromatic N) is 2. The van der Waals surface area contributed by atoms with Gasteiger partial charge >= 0.3 is 0 Å². The summed E-state index contributed by atoms with van der Waals surface area (Å²) in [6.07, 6.45) is 0.821. The van der Waals surface area contributed by atoms with Crippen LogP contribution in [0.4, 0.5) is 5.69 Å². The second-order valence-corrected chi connectivity index (χ2v) is 8.02. The summed E-state index contributed by atoms with van der Waals surface area (Å²) in [6.45, 7) is 6.04. The fourth-order valence-electron chi connectivity index (χ4n) is 2.54. The van der Waals surface area contributed by atoms with Gasteiger partial charge in [-0.15, -0.1) is 11.3 Å². The molecule has 0 aliphatic heterocycles. The van der Waals surface area contributed by atoms with Gasteiger partial charge in [-0.05, 0) is 43.8 Å². The van der Waals surface area contributed by atoms with Gasteiger partial charge in [0.25, 0.3) is 5.56 Å². The zero-order valence-corrected chi connectivity index (χ0v) is 16.6. The van der Waals surface area contributed by atoms with Gasteiger partial charge < -0.3 is 5.32 Å². The number of carbonyl (C=O) groups excluding carboxylic acids is 1. The number of hydrogen-bond donors (Lipinski definition) is 1. The third-order valence-corrected chi connectivity index (χ3v) is 6.02. The van der Waals surface area contributed by atoms with Crippen LogP contribution in [0.15, 0.2) is 45.7 Å². The van der Waals surface area contributed by atoms with Crippen molar-refractivity contribution in [3.05, 3.63) is 51.6 Å². The Morgan fingerprint density at radius 3 is 2.73 bits per heavy atom. The molecule has 0 saturated carbocycles. The molecule has 1 aromatic carbocycles. The Hall–Kier alpha value is -2.12. The van der Waals surface area contributed by atoms with Crippen molar-refractivity contribution < 1.29 is 4.79 Å². The molecule has 1 atom stereocenters. The van der Waals surface area contributed by atoms with Crippen molar-refractivity contribution in [2.45, 2.75) is 38.4 Å². The largest absolute Gasteiger partial charge is 0.325 e. The summed E-state index contributed by atoms with van der Waals surface area (Å²) in [4.78, 5) is 29.7. The van der Waals surface area contributed by atoms with Gasteiger partial charge in [0.05, 0.1) is 11.3 Å². The lowest BCUT2D eigenvalue weighted by atomic mass is 10.2. The van der Waals surface area contributed by atoms with Gasteiger partial charge in [0.1, 0.15) is 4.70 Å². The highest BCUT2D eigenvalue weighted by Gasteiger charge is 2.17. The Labute approximate surface area is 160 Å². The number of aromatic nitrogens is 2. The van der Waals surface area contributed by atoms with E-state index in [0.29, 0.717) is 15.4 Å². The molecule has 2 aromatic heterocycles. The Morgan fingerprint density at radius 1 is 1.31 bits per heavy atom.